The van der Waals surface area contributed by atoms with Gasteiger partial charge in [0.25, 0.3) is 11.1 Å². The van der Waals surface area contributed by atoms with E-state index in [1.54, 1.807) is 24.3 Å². The number of fused-ring (bicyclic) bond motifs is 1. The summed E-state index contributed by atoms with van der Waals surface area (Å²) in [6.45, 7) is -0.394. The van der Waals surface area contributed by atoms with Crippen molar-refractivity contribution in [3.8, 4) is 0 Å². The number of carbonyl (C=O) groups excluding carboxylic acids is 2. The van der Waals surface area contributed by atoms with Crippen LogP contribution in [0, 0.1) is 0 Å². The second-order valence-electron chi connectivity index (χ2n) is 10.7. The third-order valence-corrected chi connectivity index (χ3v) is 9.33. The molecule has 7 rings (SSSR count). The van der Waals surface area contributed by atoms with Crippen molar-refractivity contribution >= 4 is 39.9 Å². The molecule has 1 unspecified atom stereocenters. The van der Waals surface area contributed by atoms with Crippen molar-refractivity contribution in [3.63, 3.8) is 0 Å². The van der Waals surface area contributed by atoms with Crippen LogP contribution >= 0.6 is 11.8 Å². The fraction of sp³-hybridized carbons (Fsp3) is 0.370. The van der Waals surface area contributed by atoms with E-state index < -0.39 is 35.7 Å². The Balaban J connectivity index is 1.14. The molecule has 4 saturated heterocycles. The fourth-order valence-electron chi connectivity index (χ4n) is 6.78. The largest absolute Gasteiger partial charge is 0.416 e. The number of benzene rings is 2. The summed E-state index contributed by atoms with van der Waals surface area (Å²) in [5, 5.41) is 4.43. The van der Waals surface area contributed by atoms with Gasteiger partial charge in [0.05, 0.1) is 34.3 Å². The van der Waals surface area contributed by atoms with E-state index >= 15 is 0 Å². The van der Waals surface area contributed by atoms with Crippen molar-refractivity contribution in [1.29, 1.82) is 0 Å². The van der Waals surface area contributed by atoms with Gasteiger partial charge in [-0.1, -0.05) is 12.1 Å². The normalized spacial score (nSPS) is 27.4. The van der Waals surface area contributed by atoms with E-state index in [0.29, 0.717) is 39.5 Å². The standard InChI is InChI=1S/C27H20F6N4O2S/c28-26(29,30)17-3-2-15(20(9-17)27(31,32)33)13-35-21-6-1-14(7-16(21)12-34-35)8-22-23(38)37(24(39)40-22)25-10-18-4-5-19(11-25)36(18)25/h1-3,6-9,12,18-19H,4-5,10-11,13H2/t18-,19+,25?. The maximum absolute atomic E-state index is 13.6. The van der Waals surface area contributed by atoms with Crippen LogP contribution in [-0.4, -0.2) is 48.5 Å². The molecule has 3 atom stereocenters. The maximum atomic E-state index is 13.6. The quantitative estimate of drug-likeness (QED) is 0.262. The molecule has 1 aromatic heterocycles. The Morgan fingerprint density at radius 3 is 2.38 bits per heavy atom. The zero-order chi connectivity index (χ0) is 28.2. The Bertz CT molecular complexity index is 1610. The molecule has 2 amide bonds. The van der Waals surface area contributed by atoms with Gasteiger partial charge in [-0.25, -0.2) is 4.90 Å². The van der Waals surface area contributed by atoms with E-state index in [2.05, 4.69) is 10.00 Å². The smallest absolute Gasteiger partial charge is 0.274 e. The van der Waals surface area contributed by atoms with Crippen LogP contribution in [0.25, 0.3) is 17.0 Å². The molecule has 3 aromatic rings. The van der Waals surface area contributed by atoms with Crippen molar-refractivity contribution in [1.82, 2.24) is 19.6 Å². The lowest BCUT2D eigenvalue weighted by molar-refractivity contribution is -0.226. The van der Waals surface area contributed by atoms with Gasteiger partial charge in [0.15, 0.2) is 0 Å². The van der Waals surface area contributed by atoms with E-state index in [1.165, 1.54) is 15.8 Å². The van der Waals surface area contributed by atoms with Gasteiger partial charge in [-0.05, 0) is 66.1 Å². The molecule has 5 heterocycles. The number of hydrogen-bond acceptors (Lipinski definition) is 5. The molecule has 0 N–H and O–H groups in total. The Labute approximate surface area is 227 Å². The average molecular weight is 579 g/mol. The predicted octanol–water partition coefficient (Wildman–Crippen LogP) is 6.50. The SMILES string of the molecule is O=C1SC(=Cc2ccc3c(cnn3Cc3ccc(C(F)(F)F)cc3C(F)(F)F)c2)C(=O)N1C12C[C@H]3CC[C@@H](C1)N32. The monoisotopic (exact) mass is 578 g/mol. The molecule has 4 aliphatic rings. The van der Waals surface area contributed by atoms with Crippen molar-refractivity contribution < 1.29 is 35.9 Å². The molecule has 13 heteroatoms. The van der Waals surface area contributed by atoms with Crippen molar-refractivity contribution in [2.45, 2.75) is 62.3 Å². The summed E-state index contributed by atoms with van der Waals surface area (Å²) >= 11 is 0.895. The molecule has 4 aliphatic heterocycles. The summed E-state index contributed by atoms with van der Waals surface area (Å²) in [7, 11) is 0. The van der Waals surface area contributed by atoms with Gasteiger partial charge in [0.1, 0.15) is 5.66 Å². The molecule has 0 aliphatic carbocycles. The summed E-state index contributed by atoms with van der Waals surface area (Å²) in [6.07, 6.45) is -3.01. The van der Waals surface area contributed by atoms with Gasteiger partial charge in [-0.15, -0.1) is 0 Å². The Kier molecular flexibility index (Phi) is 5.35. The molecule has 0 bridgehead atoms. The van der Waals surface area contributed by atoms with Crippen molar-refractivity contribution in [2.24, 2.45) is 0 Å². The van der Waals surface area contributed by atoms with E-state index in [-0.39, 0.29) is 22.8 Å². The first-order chi connectivity index (χ1) is 18.8. The number of nitrogens with zero attached hydrogens (tertiary/aromatic N) is 4. The first-order valence-electron chi connectivity index (χ1n) is 12.6. The summed E-state index contributed by atoms with van der Waals surface area (Å²) in [5.41, 5.74) is -2.51. The summed E-state index contributed by atoms with van der Waals surface area (Å²) in [5.74, 6) is -0.323. The van der Waals surface area contributed by atoms with Crippen LogP contribution in [0.3, 0.4) is 0 Å². The van der Waals surface area contributed by atoms with Crippen LogP contribution in [-0.2, 0) is 23.7 Å². The zero-order valence-electron chi connectivity index (χ0n) is 20.6. The minimum absolute atomic E-state index is 0.114. The summed E-state index contributed by atoms with van der Waals surface area (Å²) in [6, 6.07) is 7.43. The number of amides is 2. The Morgan fingerprint density at radius 1 is 0.975 bits per heavy atom. The van der Waals surface area contributed by atoms with E-state index in [1.807, 2.05) is 0 Å². The zero-order valence-corrected chi connectivity index (χ0v) is 21.4. The van der Waals surface area contributed by atoms with Gasteiger partial charge >= 0.3 is 12.4 Å². The van der Waals surface area contributed by atoms with Crippen molar-refractivity contribution in [2.75, 3.05) is 0 Å². The van der Waals surface area contributed by atoms with Gasteiger partial charge in [-0.3, -0.25) is 19.2 Å². The molecule has 208 valence electrons. The molecule has 6 nitrogen and oxygen atoms in total. The van der Waals surface area contributed by atoms with Crippen molar-refractivity contribution in [3.05, 3.63) is 69.8 Å². The number of thioether (sulfide) groups is 1. The average Bonchev–Trinajstić information content (AvgIpc) is 3.41. The lowest BCUT2D eigenvalue weighted by atomic mass is 9.74. The van der Waals surface area contributed by atoms with Gasteiger partial charge in [-0.2, -0.15) is 31.4 Å². The van der Waals surface area contributed by atoms with Crippen LogP contribution in [0.15, 0.2) is 47.5 Å². The number of piperidine rings is 1. The summed E-state index contributed by atoms with van der Waals surface area (Å²) < 4.78 is 81.1. The van der Waals surface area contributed by atoms with Crippen LogP contribution in [0.2, 0.25) is 0 Å². The molecule has 2 aromatic carbocycles. The van der Waals surface area contributed by atoms with Gasteiger partial charge < -0.3 is 0 Å². The number of carbonyl (C=O) groups is 2. The Morgan fingerprint density at radius 2 is 1.70 bits per heavy atom. The van der Waals surface area contributed by atoms with Gasteiger partial charge in [0.2, 0.25) is 0 Å². The van der Waals surface area contributed by atoms with E-state index in [9.17, 15) is 35.9 Å². The highest BCUT2D eigenvalue weighted by Crippen LogP contribution is 2.61. The third-order valence-electron chi connectivity index (χ3n) is 8.46. The Hall–Kier alpha value is -3.32. The number of aromatic nitrogens is 2. The molecular weight excluding hydrogens is 558 g/mol. The van der Waals surface area contributed by atoms with Crippen LogP contribution < -0.4 is 0 Å². The van der Waals surface area contributed by atoms with E-state index in [4.69, 9.17) is 0 Å². The molecule has 0 spiro atoms. The molecule has 40 heavy (non-hydrogen) atoms. The lowest BCUT2D eigenvalue weighted by Gasteiger charge is -2.68. The topological polar surface area (TPSA) is 58.4 Å². The second kappa shape index (κ2) is 8.35. The summed E-state index contributed by atoms with van der Waals surface area (Å²) in [4.78, 5) is 30.1. The minimum atomic E-state index is -4.98. The molecule has 0 saturated carbocycles. The maximum Gasteiger partial charge on any atom is 0.416 e. The molecular formula is C27H20F6N4O2S. The third kappa shape index (κ3) is 3.73. The van der Waals surface area contributed by atoms with Gasteiger partial charge in [0, 0.05) is 30.3 Å². The predicted molar refractivity (Wildman–Crippen MR) is 134 cm³/mol. The number of alkyl halides is 6. The van der Waals surface area contributed by atoms with E-state index in [0.717, 1.165) is 43.5 Å². The fourth-order valence-corrected chi connectivity index (χ4v) is 7.68. The number of hydrogen-bond donors (Lipinski definition) is 0. The highest BCUT2D eigenvalue weighted by Gasteiger charge is 2.71. The molecule has 0 radical (unpaired) electrons. The van der Waals surface area contributed by atoms with Crippen LogP contribution in [0.5, 0.6) is 0 Å². The van der Waals surface area contributed by atoms with Crippen LogP contribution in [0.1, 0.15) is 47.9 Å². The second-order valence-corrected chi connectivity index (χ2v) is 11.7. The highest BCUT2D eigenvalue weighted by atomic mass is 32.2. The first-order valence-corrected chi connectivity index (χ1v) is 13.5. The number of rotatable bonds is 4. The first kappa shape index (κ1) is 25.6. The minimum Gasteiger partial charge on any atom is -0.274 e. The number of halogens is 6. The van der Waals surface area contributed by atoms with Crippen LogP contribution in [0.4, 0.5) is 31.1 Å². The highest BCUT2D eigenvalue weighted by molar-refractivity contribution is 8.18. The molecule has 4 fully saturated rings. The number of imide groups is 1. The lowest BCUT2D eigenvalue weighted by Crippen LogP contribution is -2.81.